The largest absolute Gasteiger partial charge is 0.493 e. The molecule has 0 saturated heterocycles. The van der Waals surface area contributed by atoms with Crippen LogP contribution in [0.4, 0.5) is 0 Å². The van der Waals surface area contributed by atoms with E-state index in [0.29, 0.717) is 24.0 Å². The monoisotopic (exact) mass is 389 g/mol. The Morgan fingerprint density at radius 1 is 1.21 bits per heavy atom. The highest BCUT2D eigenvalue weighted by Gasteiger charge is 2.22. The summed E-state index contributed by atoms with van der Waals surface area (Å²) in [6.07, 6.45) is 8.28. The van der Waals surface area contributed by atoms with Crippen LogP contribution < -0.4 is 14.8 Å². The quantitative estimate of drug-likeness (QED) is 0.514. The molecule has 0 radical (unpaired) electrons. The van der Waals surface area contributed by atoms with E-state index in [1.165, 1.54) is 12.5 Å². The molecule has 1 aromatic rings. The van der Waals surface area contributed by atoms with Gasteiger partial charge in [-0.15, -0.1) is 0 Å². The molecule has 28 heavy (non-hydrogen) atoms. The van der Waals surface area contributed by atoms with Crippen LogP contribution in [0.5, 0.6) is 11.5 Å². The average Bonchev–Trinajstić information content (AvgIpc) is 2.71. The topological polar surface area (TPSA) is 73.9 Å². The first-order valence-electron chi connectivity index (χ1n) is 9.98. The first-order valence-corrected chi connectivity index (χ1v) is 9.98. The summed E-state index contributed by atoms with van der Waals surface area (Å²) >= 11 is 0. The molecular weight excluding hydrogens is 358 g/mol. The third-order valence-corrected chi connectivity index (χ3v) is 4.86. The number of carbonyl (C=O) groups excluding carboxylic acids is 2. The lowest BCUT2D eigenvalue weighted by molar-refractivity contribution is -0.144. The van der Waals surface area contributed by atoms with Gasteiger partial charge in [-0.05, 0) is 49.0 Å². The normalized spacial score (nSPS) is 19.2. The van der Waals surface area contributed by atoms with E-state index < -0.39 is 5.97 Å². The van der Waals surface area contributed by atoms with Crippen LogP contribution in [0.2, 0.25) is 0 Å². The van der Waals surface area contributed by atoms with Gasteiger partial charge in [0, 0.05) is 12.1 Å². The van der Waals surface area contributed by atoms with Crippen molar-refractivity contribution in [2.24, 2.45) is 5.92 Å². The van der Waals surface area contributed by atoms with Gasteiger partial charge in [0.15, 0.2) is 18.1 Å². The molecule has 0 unspecified atom stereocenters. The molecule has 1 amide bonds. The number of hydrogen-bond donors (Lipinski definition) is 1. The van der Waals surface area contributed by atoms with Crippen LogP contribution in [0, 0.1) is 5.92 Å². The van der Waals surface area contributed by atoms with Gasteiger partial charge < -0.3 is 19.5 Å². The van der Waals surface area contributed by atoms with Gasteiger partial charge >= 0.3 is 5.97 Å². The fourth-order valence-corrected chi connectivity index (χ4v) is 3.25. The number of amides is 1. The zero-order chi connectivity index (χ0) is 20.4. The Hall–Kier alpha value is -2.50. The first kappa shape index (κ1) is 21.8. The Labute approximate surface area is 167 Å². The standard InChI is InChI=1S/C22H31NO5/c1-4-13-27-19-11-9-17(14-20(19)26-3)10-12-22(25)28-15-21(24)23-18-8-6-5-7-16(18)2/h9-12,14,16,18H,4-8,13,15H2,1-3H3,(H,23,24)/b12-10+/t16-,18-/m1/s1. The molecule has 2 atom stereocenters. The molecule has 0 heterocycles. The lowest BCUT2D eigenvalue weighted by atomic mass is 9.86. The zero-order valence-corrected chi connectivity index (χ0v) is 17.0. The Balaban J connectivity index is 1.81. The molecule has 2 rings (SSSR count). The van der Waals surface area contributed by atoms with Gasteiger partial charge in [-0.1, -0.05) is 32.8 Å². The molecule has 0 spiro atoms. The number of rotatable bonds is 9. The van der Waals surface area contributed by atoms with Gasteiger partial charge in [0.05, 0.1) is 13.7 Å². The smallest absolute Gasteiger partial charge is 0.331 e. The Kier molecular flexibility index (Phi) is 8.85. The molecule has 0 bridgehead atoms. The van der Waals surface area contributed by atoms with Crippen LogP contribution in [-0.2, 0) is 14.3 Å². The molecule has 1 N–H and O–H groups in total. The highest BCUT2D eigenvalue weighted by atomic mass is 16.5. The third kappa shape index (κ3) is 6.91. The SMILES string of the molecule is CCCOc1ccc(/C=C/C(=O)OCC(=O)N[C@@H]2CCCC[C@H]2C)cc1OC. The van der Waals surface area contributed by atoms with Crippen LogP contribution in [0.15, 0.2) is 24.3 Å². The summed E-state index contributed by atoms with van der Waals surface area (Å²) in [7, 11) is 1.57. The molecule has 154 valence electrons. The van der Waals surface area contributed by atoms with Crippen LogP contribution in [0.3, 0.4) is 0 Å². The van der Waals surface area contributed by atoms with E-state index in [0.717, 1.165) is 31.2 Å². The molecule has 6 nitrogen and oxygen atoms in total. The number of esters is 1. The minimum atomic E-state index is -0.558. The van der Waals surface area contributed by atoms with Gasteiger partial charge in [-0.25, -0.2) is 4.79 Å². The summed E-state index contributed by atoms with van der Waals surface area (Å²) in [5.74, 6) is 0.923. The molecular formula is C22H31NO5. The summed E-state index contributed by atoms with van der Waals surface area (Å²) in [5, 5.41) is 2.97. The van der Waals surface area contributed by atoms with Crippen molar-refractivity contribution in [3.8, 4) is 11.5 Å². The summed E-state index contributed by atoms with van der Waals surface area (Å²) in [4.78, 5) is 23.9. The average molecular weight is 389 g/mol. The summed E-state index contributed by atoms with van der Waals surface area (Å²) in [6, 6.07) is 5.59. The van der Waals surface area contributed by atoms with Gasteiger partial charge in [-0.3, -0.25) is 4.79 Å². The number of methoxy groups -OCH3 is 1. The first-order chi connectivity index (χ1) is 13.5. The number of ether oxygens (including phenoxy) is 3. The fraction of sp³-hybridized carbons (Fsp3) is 0.545. The van der Waals surface area contributed by atoms with E-state index in [2.05, 4.69) is 12.2 Å². The Bertz CT molecular complexity index is 686. The maximum Gasteiger partial charge on any atom is 0.331 e. The number of benzene rings is 1. The maximum absolute atomic E-state index is 12.0. The van der Waals surface area contributed by atoms with Gasteiger partial charge in [0.1, 0.15) is 0 Å². The van der Waals surface area contributed by atoms with E-state index in [-0.39, 0.29) is 18.6 Å². The minimum absolute atomic E-state index is 0.177. The van der Waals surface area contributed by atoms with Crippen molar-refractivity contribution < 1.29 is 23.8 Å². The van der Waals surface area contributed by atoms with Gasteiger partial charge in [-0.2, -0.15) is 0 Å². The van der Waals surface area contributed by atoms with E-state index in [4.69, 9.17) is 14.2 Å². The fourth-order valence-electron chi connectivity index (χ4n) is 3.25. The van der Waals surface area contributed by atoms with Gasteiger partial charge in [0.2, 0.25) is 0 Å². The second kappa shape index (κ2) is 11.4. The van der Waals surface area contributed by atoms with E-state index in [1.807, 2.05) is 13.0 Å². The van der Waals surface area contributed by atoms with Crippen LogP contribution in [0.1, 0.15) is 51.5 Å². The van der Waals surface area contributed by atoms with Crippen molar-refractivity contribution in [3.05, 3.63) is 29.8 Å². The van der Waals surface area contributed by atoms with E-state index in [9.17, 15) is 9.59 Å². The predicted molar refractivity (Wildman–Crippen MR) is 108 cm³/mol. The molecule has 1 saturated carbocycles. The second-order valence-corrected chi connectivity index (χ2v) is 7.14. The lowest BCUT2D eigenvalue weighted by Gasteiger charge is -2.29. The van der Waals surface area contributed by atoms with E-state index >= 15 is 0 Å². The van der Waals surface area contributed by atoms with Crippen LogP contribution in [-0.4, -0.2) is 38.2 Å². The third-order valence-electron chi connectivity index (χ3n) is 4.86. The zero-order valence-electron chi connectivity index (χ0n) is 17.0. The highest BCUT2D eigenvalue weighted by Crippen LogP contribution is 2.28. The number of nitrogens with one attached hydrogen (secondary N) is 1. The van der Waals surface area contributed by atoms with Crippen molar-refractivity contribution in [3.63, 3.8) is 0 Å². The maximum atomic E-state index is 12.0. The molecule has 0 aromatic heterocycles. The molecule has 1 aliphatic rings. The van der Waals surface area contributed by atoms with Crippen LogP contribution in [0.25, 0.3) is 6.08 Å². The highest BCUT2D eigenvalue weighted by molar-refractivity contribution is 5.89. The predicted octanol–water partition coefficient (Wildman–Crippen LogP) is 3.74. The van der Waals surface area contributed by atoms with Crippen molar-refractivity contribution in [2.75, 3.05) is 20.3 Å². The minimum Gasteiger partial charge on any atom is -0.493 e. The van der Waals surface area contributed by atoms with Gasteiger partial charge in [0.25, 0.3) is 5.91 Å². The molecule has 1 aromatic carbocycles. The van der Waals surface area contributed by atoms with Crippen molar-refractivity contribution >= 4 is 18.0 Å². The molecule has 0 aliphatic heterocycles. The Morgan fingerprint density at radius 2 is 2.00 bits per heavy atom. The summed E-state index contributed by atoms with van der Waals surface area (Å²) in [6.45, 7) is 4.52. The molecule has 6 heteroatoms. The van der Waals surface area contributed by atoms with Crippen molar-refractivity contribution in [1.29, 1.82) is 0 Å². The Morgan fingerprint density at radius 3 is 2.71 bits per heavy atom. The summed E-state index contributed by atoms with van der Waals surface area (Å²) in [5.41, 5.74) is 0.776. The van der Waals surface area contributed by atoms with Crippen molar-refractivity contribution in [2.45, 2.75) is 52.0 Å². The van der Waals surface area contributed by atoms with Crippen LogP contribution >= 0.6 is 0 Å². The van der Waals surface area contributed by atoms with Crippen molar-refractivity contribution in [1.82, 2.24) is 5.32 Å². The molecule has 1 aliphatic carbocycles. The molecule has 1 fully saturated rings. The van der Waals surface area contributed by atoms with E-state index in [1.54, 1.807) is 25.3 Å². The summed E-state index contributed by atoms with van der Waals surface area (Å²) < 4.78 is 16.0. The number of carbonyl (C=O) groups is 2. The lowest BCUT2D eigenvalue weighted by Crippen LogP contribution is -2.42. The second-order valence-electron chi connectivity index (χ2n) is 7.14. The number of hydrogen-bond acceptors (Lipinski definition) is 5.